The van der Waals surface area contributed by atoms with Crippen molar-refractivity contribution >= 4 is 34.0 Å². The molecule has 0 atom stereocenters. The second-order valence-electron chi connectivity index (χ2n) is 4.50. The van der Waals surface area contributed by atoms with Crippen molar-refractivity contribution in [3.05, 3.63) is 65.4 Å². The quantitative estimate of drug-likeness (QED) is 0.706. The number of phenols is 1. The van der Waals surface area contributed by atoms with Crippen LogP contribution in [0, 0.1) is 0 Å². The van der Waals surface area contributed by atoms with Crippen LogP contribution in [0.5, 0.6) is 5.75 Å². The third-order valence-corrected chi connectivity index (χ3v) is 3.34. The number of amides is 1. The average Bonchev–Trinajstić information content (AvgIpc) is 2.48. The molecule has 21 heavy (non-hydrogen) atoms. The van der Waals surface area contributed by atoms with Gasteiger partial charge in [-0.1, -0.05) is 41.9 Å². The van der Waals surface area contributed by atoms with E-state index in [2.05, 4.69) is 10.3 Å². The fourth-order valence-electron chi connectivity index (χ4n) is 2.12. The molecule has 104 valence electrons. The summed E-state index contributed by atoms with van der Waals surface area (Å²) < 4.78 is 0. The van der Waals surface area contributed by atoms with Crippen molar-refractivity contribution in [1.82, 2.24) is 4.98 Å². The highest BCUT2D eigenvalue weighted by Crippen LogP contribution is 2.29. The summed E-state index contributed by atoms with van der Waals surface area (Å²) in [6, 6.07) is 13.9. The molecule has 0 aliphatic rings. The number of nitrogens with one attached hydrogen (secondary N) is 1. The second kappa shape index (κ2) is 5.42. The molecule has 0 saturated heterocycles. The summed E-state index contributed by atoms with van der Waals surface area (Å²) in [5.74, 6) is -0.439. The predicted molar refractivity (Wildman–Crippen MR) is 82.8 cm³/mol. The van der Waals surface area contributed by atoms with E-state index in [1.807, 2.05) is 18.2 Å². The number of fused-ring (bicyclic) bond motifs is 1. The summed E-state index contributed by atoms with van der Waals surface area (Å²) in [5, 5.41) is 14.7. The van der Waals surface area contributed by atoms with E-state index in [-0.39, 0.29) is 16.5 Å². The number of aromatic hydroxyl groups is 1. The Bertz CT molecular complexity index is 833. The highest BCUT2D eigenvalue weighted by molar-refractivity contribution is 6.29. The van der Waals surface area contributed by atoms with Crippen molar-refractivity contribution in [2.75, 3.05) is 5.32 Å². The molecule has 0 spiro atoms. The first kappa shape index (κ1) is 13.4. The summed E-state index contributed by atoms with van der Waals surface area (Å²) in [6.07, 6.45) is 1.50. The van der Waals surface area contributed by atoms with Gasteiger partial charge in [-0.2, -0.15) is 0 Å². The number of pyridine rings is 1. The van der Waals surface area contributed by atoms with Crippen LogP contribution in [0.4, 0.5) is 5.69 Å². The number of rotatable bonds is 2. The zero-order valence-electron chi connectivity index (χ0n) is 10.9. The second-order valence-corrected chi connectivity index (χ2v) is 4.89. The number of aromatic nitrogens is 1. The van der Waals surface area contributed by atoms with Gasteiger partial charge >= 0.3 is 0 Å². The molecule has 0 aliphatic carbocycles. The van der Waals surface area contributed by atoms with Crippen LogP contribution in [-0.4, -0.2) is 16.0 Å². The average molecular weight is 299 g/mol. The lowest BCUT2D eigenvalue weighted by Gasteiger charge is -2.09. The third-order valence-electron chi connectivity index (χ3n) is 3.13. The molecule has 1 aromatic heterocycles. The maximum absolute atomic E-state index is 12.3. The first-order valence-electron chi connectivity index (χ1n) is 6.29. The topological polar surface area (TPSA) is 62.2 Å². The van der Waals surface area contributed by atoms with Crippen LogP contribution < -0.4 is 5.32 Å². The number of phenolic OH excluding ortho intramolecular Hbond substituents is 1. The zero-order chi connectivity index (χ0) is 14.8. The Hall–Kier alpha value is -2.59. The molecular formula is C16H11ClN2O2. The van der Waals surface area contributed by atoms with Crippen LogP contribution in [0.1, 0.15) is 10.4 Å². The molecule has 0 radical (unpaired) electrons. The zero-order valence-corrected chi connectivity index (χ0v) is 11.6. The van der Waals surface area contributed by atoms with Crippen molar-refractivity contribution in [2.24, 2.45) is 0 Å². The molecule has 2 aromatic carbocycles. The van der Waals surface area contributed by atoms with Crippen molar-refractivity contribution < 1.29 is 9.90 Å². The van der Waals surface area contributed by atoms with E-state index >= 15 is 0 Å². The highest BCUT2D eigenvalue weighted by atomic mass is 35.5. The first-order chi connectivity index (χ1) is 10.1. The van der Waals surface area contributed by atoms with Crippen LogP contribution in [0.25, 0.3) is 10.8 Å². The Morgan fingerprint density at radius 2 is 1.95 bits per heavy atom. The summed E-state index contributed by atoms with van der Waals surface area (Å²) in [4.78, 5) is 16.1. The number of carbonyl (C=O) groups is 1. The van der Waals surface area contributed by atoms with Gasteiger partial charge in [0.2, 0.25) is 0 Å². The Kier molecular flexibility index (Phi) is 3.46. The SMILES string of the molecule is O=C(Nc1ccnc(Cl)c1)c1ccc2ccccc2c1O. The number of carbonyl (C=O) groups excluding carboxylic acids is 1. The van der Waals surface area contributed by atoms with Gasteiger partial charge in [0.05, 0.1) is 5.56 Å². The van der Waals surface area contributed by atoms with Gasteiger partial charge in [0.15, 0.2) is 0 Å². The lowest BCUT2D eigenvalue weighted by atomic mass is 10.0. The largest absolute Gasteiger partial charge is 0.506 e. The van der Waals surface area contributed by atoms with Crippen LogP contribution in [0.15, 0.2) is 54.7 Å². The molecule has 1 heterocycles. The van der Waals surface area contributed by atoms with E-state index < -0.39 is 5.91 Å². The number of nitrogens with zero attached hydrogens (tertiary/aromatic N) is 1. The van der Waals surface area contributed by atoms with Crippen LogP contribution >= 0.6 is 11.6 Å². The van der Waals surface area contributed by atoms with Gasteiger partial charge in [0.25, 0.3) is 5.91 Å². The maximum atomic E-state index is 12.3. The fraction of sp³-hybridized carbons (Fsp3) is 0. The van der Waals surface area contributed by atoms with E-state index in [1.54, 1.807) is 24.3 Å². The number of anilines is 1. The minimum absolute atomic E-state index is 0.0363. The van der Waals surface area contributed by atoms with Gasteiger partial charge in [0.1, 0.15) is 10.9 Å². The highest BCUT2D eigenvalue weighted by Gasteiger charge is 2.14. The van der Waals surface area contributed by atoms with Crippen molar-refractivity contribution in [3.63, 3.8) is 0 Å². The van der Waals surface area contributed by atoms with Crippen LogP contribution in [-0.2, 0) is 0 Å². The van der Waals surface area contributed by atoms with Gasteiger partial charge in [-0.25, -0.2) is 4.98 Å². The smallest absolute Gasteiger partial charge is 0.259 e. The Labute approximate surface area is 126 Å². The minimum atomic E-state index is -0.402. The molecular weight excluding hydrogens is 288 g/mol. The molecule has 2 N–H and O–H groups in total. The molecule has 3 aromatic rings. The number of halogens is 1. The van der Waals surface area contributed by atoms with Gasteiger partial charge in [-0.05, 0) is 23.6 Å². The lowest BCUT2D eigenvalue weighted by Crippen LogP contribution is -2.12. The number of hydrogen-bond donors (Lipinski definition) is 2. The third kappa shape index (κ3) is 2.66. The molecule has 3 rings (SSSR count). The lowest BCUT2D eigenvalue weighted by molar-refractivity contribution is 0.102. The molecule has 0 bridgehead atoms. The van der Waals surface area contributed by atoms with Gasteiger partial charge in [-0.3, -0.25) is 4.79 Å². The normalized spacial score (nSPS) is 10.5. The minimum Gasteiger partial charge on any atom is -0.506 e. The molecule has 0 saturated carbocycles. The van der Waals surface area contributed by atoms with Crippen molar-refractivity contribution in [1.29, 1.82) is 0 Å². The first-order valence-corrected chi connectivity index (χ1v) is 6.66. The standard InChI is InChI=1S/C16H11ClN2O2/c17-14-9-11(7-8-18-14)19-16(21)13-6-5-10-3-1-2-4-12(10)15(13)20/h1-9,20H,(H,18,19,21). The van der Waals surface area contributed by atoms with E-state index in [4.69, 9.17) is 11.6 Å². The van der Waals surface area contributed by atoms with Crippen molar-refractivity contribution in [3.8, 4) is 5.75 Å². The number of benzene rings is 2. The predicted octanol–water partition coefficient (Wildman–Crippen LogP) is 3.85. The molecule has 0 aliphatic heterocycles. The summed E-state index contributed by atoms with van der Waals surface area (Å²) >= 11 is 5.77. The number of hydrogen-bond acceptors (Lipinski definition) is 3. The Balaban J connectivity index is 1.96. The summed E-state index contributed by atoms with van der Waals surface area (Å²) in [5.41, 5.74) is 0.731. The monoisotopic (exact) mass is 298 g/mol. The molecule has 0 unspecified atom stereocenters. The molecule has 0 fully saturated rings. The van der Waals surface area contributed by atoms with E-state index in [0.717, 1.165) is 5.39 Å². The van der Waals surface area contributed by atoms with Crippen LogP contribution in [0.2, 0.25) is 5.15 Å². The van der Waals surface area contributed by atoms with E-state index in [9.17, 15) is 9.90 Å². The van der Waals surface area contributed by atoms with E-state index in [0.29, 0.717) is 11.1 Å². The fourth-order valence-corrected chi connectivity index (χ4v) is 2.29. The molecule has 5 heteroatoms. The Morgan fingerprint density at radius 1 is 1.14 bits per heavy atom. The van der Waals surface area contributed by atoms with Crippen LogP contribution in [0.3, 0.4) is 0 Å². The van der Waals surface area contributed by atoms with Crippen molar-refractivity contribution in [2.45, 2.75) is 0 Å². The maximum Gasteiger partial charge on any atom is 0.259 e. The van der Waals surface area contributed by atoms with Gasteiger partial charge < -0.3 is 10.4 Å². The Morgan fingerprint density at radius 3 is 2.76 bits per heavy atom. The van der Waals surface area contributed by atoms with Gasteiger partial charge in [0, 0.05) is 17.3 Å². The molecule has 1 amide bonds. The summed E-state index contributed by atoms with van der Waals surface area (Å²) in [6.45, 7) is 0. The molecule has 4 nitrogen and oxygen atoms in total. The van der Waals surface area contributed by atoms with E-state index in [1.165, 1.54) is 12.3 Å². The van der Waals surface area contributed by atoms with Gasteiger partial charge in [-0.15, -0.1) is 0 Å². The summed E-state index contributed by atoms with van der Waals surface area (Å²) in [7, 11) is 0.